The van der Waals surface area contributed by atoms with E-state index in [1.54, 1.807) is 58.0 Å². The van der Waals surface area contributed by atoms with Gasteiger partial charge in [0.2, 0.25) is 21.8 Å². The molecule has 0 spiro atoms. The van der Waals surface area contributed by atoms with E-state index in [4.69, 9.17) is 11.6 Å². The normalized spacial score (nSPS) is 13.1. The highest BCUT2D eigenvalue weighted by atomic mass is 35.5. The molecular weight excluding hydrogens is 531 g/mol. The fraction of sp³-hybridized carbons (Fsp3) is 0.440. The van der Waals surface area contributed by atoms with Crippen LogP contribution in [0.25, 0.3) is 0 Å². The predicted octanol–water partition coefficient (Wildman–Crippen LogP) is 4.85. The summed E-state index contributed by atoms with van der Waals surface area (Å²) in [5, 5.41) is 2.23. The van der Waals surface area contributed by atoms with Crippen LogP contribution >= 0.6 is 11.6 Å². The van der Waals surface area contributed by atoms with Gasteiger partial charge in [-0.3, -0.25) is 13.9 Å². The summed E-state index contributed by atoms with van der Waals surface area (Å²) in [5.74, 6) is -1.19. The van der Waals surface area contributed by atoms with Crippen molar-refractivity contribution in [2.45, 2.75) is 58.4 Å². The number of sulfonamides is 1. The van der Waals surface area contributed by atoms with E-state index in [-0.39, 0.29) is 18.7 Å². The molecule has 0 aliphatic carbocycles. The van der Waals surface area contributed by atoms with E-state index in [1.165, 1.54) is 4.90 Å². The Labute approximate surface area is 220 Å². The lowest BCUT2D eigenvalue weighted by Crippen LogP contribution is -2.55. The van der Waals surface area contributed by atoms with Crippen LogP contribution in [0.5, 0.6) is 0 Å². The van der Waals surface area contributed by atoms with Gasteiger partial charge in [-0.15, -0.1) is 0 Å². The summed E-state index contributed by atoms with van der Waals surface area (Å²) in [5.41, 5.74) is -1.51. The van der Waals surface area contributed by atoms with Crippen molar-refractivity contribution >= 4 is 39.1 Å². The summed E-state index contributed by atoms with van der Waals surface area (Å²) in [6.07, 6.45) is -3.83. The minimum atomic E-state index is -4.84. The highest BCUT2D eigenvalue weighted by Crippen LogP contribution is 2.37. The highest BCUT2D eigenvalue weighted by Gasteiger charge is 2.36. The summed E-state index contributed by atoms with van der Waals surface area (Å²) in [6, 6.07) is 10.4. The molecule has 0 aliphatic heterocycles. The molecule has 0 saturated carbocycles. The van der Waals surface area contributed by atoms with Crippen LogP contribution in [0.1, 0.15) is 45.2 Å². The van der Waals surface area contributed by atoms with Crippen LogP contribution < -0.4 is 9.62 Å². The summed E-state index contributed by atoms with van der Waals surface area (Å²) in [7, 11) is -4.20. The highest BCUT2D eigenvalue weighted by molar-refractivity contribution is 7.92. The number of rotatable bonds is 9. The maximum Gasteiger partial charge on any atom is 0.417 e. The molecule has 2 rings (SSSR count). The van der Waals surface area contributed by atoms with E-state index in [0.29, 0.717) is 15.9 Å². The molecule has 0 heterocycles. The molecule has 0 fully saturated rings. The molecule has 0 saturated heterocycles. The van der Waals surface area contributed by atoms with E-state index in [0.717, 1.165) is 18.4 Å². The van der Waals surface area contributed by atoms with Crippen LogP contribution in [0.15, 0.2) is 48.5 Å². The topological polar surface area (TPSA) is 86.8 Å². The molecule has 0 bridgehead atoms. The van der Waals surface area contributed by atoms with Gasteiger partial charge in [0, 0.05) is 12.1 Å². The lowest BCUT2D eigenvalue weighted by molar-refractivity contribution is -0.141. The summed E-state index contributed by atoms with van der Waals surface area (Å²) < 4.78 is 66.1. The monoisotopic (exact) mass is 561 g/mol. The van der Waals surface area contributed by atoms with Crippen LogP contribution in [-0.4, -0.2) is 49.5 Å². The van der Waals surface area contributed by atoms with Gasteiger partial charge in [0.15, 0.2) is 0 Å². The van der Waals surface area contributed by atoms with Crippen LogP contribution in [0, 0.1) is 0 Å². The Kier molecular flexibility index (Phi) is 9.64. The van der Waals surface area contributed by atoms with Gasteiger partial charge < -0.3 is 10.2 Å². The minimum Gasteiger partial charge on any atom is -0.350 e. The standard InChI is InChI=1S/C25H31ClF3N3O4S/c1-6-21(23(34)30-24(2,3)4)31(15-17-10-8-7-9-11-17)22(33)16-32(37(5,35)36)18-12-13-20(26)19(14-18)25(27,28)29/h7-14,21H,6,15-16H2,1-5H3,(H,30,34)/t21-/m0/s1. The number of amides is 2. The molecular formula is C25H31ClF3N3O4S. The Morgan fingerprint density at radius 2 is 1.65 bits per heavy atom. The largest absolute Gasteiger partial charge is 0.417 e. The molecule has 2 aromatic carbocycles. The summed E-state index contributed by atoms with van der Waals surface area (Å²) >= 11 is 5.69. The second-order valence-corrected chi connectivity index (χ2v) is 11.9. The first-order valence-corrected chi connectivity index (χ1v) is 13.7. The Bertz CT molecular complexity index is 1220. The molecule has 7 nitrogen and oxygen atoms in total. The fourth-order valence-corrected chi connectivity index (χ4v) is 4.72. The molecule has 204 valence electrons. The number of carbonyl (C=O) groups excluding carboxylic acids is 2. The minimum absolute atomic E-state index is 0.0121. The van der Waals surface area contributed by atoms with Crippen molar-refractivity contribution < 1.29 is 31.2 Å². The third kappa shape index (κ3) is 8.63. The second kappa shape index (κ2) is 11.7. The quantitative estimate of drug-likeness (QED) is 0.474. The van der Waals surface area contributed by atoms with Crippen molar-refractivity contribution in [3.05, 3.63) is 64.7 Å². The number of nitrogens with zero attached hydrogens (tertiary/aromatic N) is 2. The molecule has 1 atom stereocenters. The van der Waals surface area contributed by atoms with Crippen molar-refractivity contribution in [1.29, 1.82) is 0 Å². The second-order valence-electron chi connectivity index (χ2n) is 9.60. The molecule has 1 N–H and O–H groups in total. The first-order chi connectivity index (χ1) is 16.9. The third-order valence-corrected chi connectivity index (χ3v) is 6.77. The fourth-order valence-electron chi connectivity index (χ4n) is 3.65. The molecule has 2 amide bonds. The number of anilines is 1. The molecule has 12 heteroatoms. The smallest absolute Gasteiger partial charge is 0.350 e. The van der Waals surface area contributed by atoms with Gasteiger partial charge in [-0.1, -0.05) is 48.9 Å². The Morgan fingerprint density at radius 1 is 1.05 bits per heavy atom. The third-order valence-electron chi connectivity index (χ3n) is 5.30. The van der Waals surface area contributed by atoms with Gasteiger partial charge in [-0.25, -0.2) is 8.42 Å². The number of nitrogens with one attached hydrogen (secondary N) is 1. The van der Waals surface area contributed by atoms with E-state index in [1.807, 2.05) is 0 Å². The zero-order chi connectivity index (χ0) is 28.2. The van der Waals surface area contributed by atoms with Gasteiger partial charge in [-0.05, 0) is 51.0 Å². The molecule has 2 aromatic rings. The number of hydrogen-bond acceptors (Lipinski definition) is 4. The van der Waals surface area contributed by atoms with Crippen molar-refractivity contribution in [2.75, 3.05) is 17.1 Å². The maximum atomic E-state index is 13.6. The lowest BCUT2D eigenvalue weighted by atomic mass is 10.1. The SMILES string of the molecule is CC[C@@H](C(=O)NC(C)(C)C)N(Cc1ccccc1)C(=O)CN(c1ccc(Cl)c(C(F)(F)F)c1)S(C)(=O)=O. The zero-order valence-electron chi connectivity index (χ0n) is 21.3. The number of carbonyl (C=O) groups is 2. The van der Waals surface area contributed by atoms with Gasteiger partial charge in [0.05, 0.1) is 22.5 Å². The zero-order valence-corrected chi connectivity index (χ0v) is 22.8. The average Bonchev–Trinajstić information content (AvgIpc) is 2.75. The predicted molar refractivity (Wildman–Crippen MR) is 138 cm³/mol. The van der Waals surface area contributed by atoms with Gasteiger partial charge in [-0.2, -0.15) is 13.2 Å². The van der Waals surface area contributed by atoms with E-state index in [9.17, 15) is 31.2 Å². The van der Waals surface area contributed by atoms with Crippen molar-refractivity contribution in [2.24, 2.45) is 0 Å². The Balaban J connectivity index is 2.52. The van der Waals surface area contributed by atoms with E-state index < -0.39 is 56.7 Å². The Hall–Kier alpha value is -2.79. The van der Waals surface area contributed by atoms with Crippen molar-refractivity contribution in [1.82, 2.24) is 10.2 Å². The first-order valence-electron chi connectivity index (χ1n) is 11.4. The van der Waals surface area contributed by atoms with Crippen LogP contribution in [0.3, 0.4) is 0 Å². The number of benzene rings is 2. The van der Waals surface area contributed by atoms with E-state index in [2.05, 4.69) is 5.32 Å². The van der Waals surface area contributed by atoms with Crippen LogP contribution in [0.4, 0.5) is 18.9 Å². The molecule has 0 radical (unpaired) electrons. The van der Waals surface area contributed by atoms with E-state index >= 15 is 0 Å². The maximum absolute atomic E-state index is 13.6. The molecule has 0 aliphatic rings. The number of alkyl halides is 3. The number of hydrogen-bond donors (Lipinski definition) is 1. The summed E-state index contributed by atoms with van der Waals surface area (Å²) in [6.45, 7) is 6.23. The number of halogens is 4. The van der Waals surface area contributed by atoms with Crippen molar-refractivity contribution in [3.8, 4) is 0 Å². The molecule has 0 unspecified atom stereocenters. The van der Waals surface area contributed by atoms with Crippen molar-refractivity contribution in [3.63, 3.8) is 0 Å². The van der Waals surface area contributed by atoms with Gasteiger partial charge >= 0.3 is 6.18 Å². The molecule has 0 aromatic heterocycles. The van der Waals surface area contributed by atoms with Crippen LogP contribution in [0.2, 0.25) is 5.02 Å². The van der Waals surface area contributed by atoms with Crippen LogP contribution in [-0.2, 0) is 32.3 Å². The average molecular weight is 562 g/mol. The first kappa shape index (κ1) is 30.4. The van der Waals surface area contributed by atoms with Gasteiger partial charge in [0.1, 0.15) is 12.6 Å². The Morgan fingerprint density at radius 3 is 2.14 bits per heavy atom. The molecule has 37 heavy (non-hydrogen) atoms. The summed E-state index contributed by atoms with van der Waals surface area (Å²) in [4.78, 5) is 27.9. The van der Waals surface area contributed by atoms with Gasteiger partial charge in [0.25, 0.3) is 0 Å². The lowest BCUT2D eigenvalue weighted by Gasteiger charge is -2.34.